The summed E-state index contributed by atoms with van der Waals surface area (Å²) >= 11 is 0. The summed E-state index contributed by atoms with van der Waals surface area (Å²) < 4.78 is 0. The number of piperidine rings is 1. The number of aromatic nitrogens is 2. The van der Waals surface area contributed by atoms with E-state index in [1.54, 1.807) is 6.20 Å². The zero-order chi connectivity index (χ0) is 20.9. The smallest absolute Gasteiger partial charge is 0.231 e. The van der Waals surface area contributed by atoms with Gasteiger partial charge in [-0.15, -0.1) is 5.10 Å². The molecule has 0 radical (unpaired) electrons. The van der Waals surface area contributed by atoms with Crippen molar-refractivity contribution in [1.82, 2.24) is 15.1 Å². The lowest BCUT2D eigenvalue weighted by Gasteiger charge is -2.38. The highest BCUT2D eigenvalue weighted by molar-refractivity contribution is 5.94. The summed E-state index contributed by atoms with van der Waals surface area (Å²) in [5.41, 5.74) is 2.12. The number of benzene rings is 1. The first-order valence-electron chi connectivity index (χ1n) is 10.8. The van der Waals surface area contributed by atoms with Crippen LogP contribution in [0.3, 0.4) is 0 Å². The minimum absolute atomic E-state index is 0.0309. The first-order chi connectivity index (χ1) is 14.6. The Morgan fingerprint density at radius 1 is 1.10 bits per heavy atom. The van der Waals surface area contributed by atoms with Crippen molar-refractivity contribution < 1.29 is 9.59 Å². The number of nitrogens with one attached hydrogen (secondary N) is 1. The summed E-state index contributed by atoms with van der Waals surface area (Å²) in [6.07, 6.45) is 5.21. The second kappa shape index (κ2) is 9.24. The summed E-state index contributed by atoms with van der Waals surface area (Å²) in [6.45, 7) is 5.05. The number of nitrogens with zero attached hydrogens (tertiary/aromatic N) is 4. The van der Waals surface area contributed by atoms with Crippen molar-refractivity contribution in [3.05, 3.63) is 48.2 Å². The Morgan fingerprint density at radius 2 is 1.83 bits per heavy atom. The van der Waals surface area contributed by atoms with Gasteiger partial charge in [-0.05, 0) is 55.0 Å². The SMILES string of the molecule is CCCC(=O)N1CCC(c2ccc(NC(=O)C3CN(c4cccnn4)C3)cc2)CC1. The molecule has 2 aliphatic rings. The number of carbonyl (C=O) groups is 2. The van der Waals surface area contributed by atoms with Crippen LogP contribution < -0.4 is 10.2 Å². The summed E-state index contributed by atoms with van der Waals surface area (Å²) in [5, 5.41) is 11.0. The zero-order valence-electron chi connectivity index (χ0n) is 17.5. The van der Waals surface area contributed by atoms with Gasteiger partial charge in [0.25, 0.3) is 0 Å². The Balaban J connectivity index is 1.24. The van der Waals surface area contributed by atoms with Crippen LogP contribution in [0.2, 0.25) is 0 Å². The van der Waals surface area contributed by atoms with Crippen molar-refractivity contribution in [2.45, 2.75) is 38.5 Å². The second-order valence-electron chi connectivity index (χ2n) is 8.20. The van der Waals surface area contributed by atoms with Gasteiger partial charge in [0.05, 0.1) is 5.92 Å². The van der Waals surface area contributed by atoms with E-state index in [0.717, 1.165) is 43.9 Å². The monoisotopic (exact) mass is 407 g/mol. The van der Waals surface area contributed by atoms with Gasteiger partial charge in [0.15, 0.2) is 5.82 Å². The molecule has 158 valence electrons. The second-order valence-corrected chi connectivity index (χ2v) is 8.20. The Morgan fingerprint density at radius 3 is 2.47 bits per heavy atom. The largest absolute Gasteiger partial charge is 0.353 e. The van der Waals surface area contributed by atoms with Crippen LogP contribution in [0.1, 0.15) is 44.1 Å². The van der Waals surface area contributed by atoms with Crippen LogP contribution in [0.15, 0.2) is 42.6 Å². The number of hydrogen-bond donors (Lipinski definition) is 1. The van der Waals surface area contributed by atoms with E-state index < -0.39 is 0 Å². The molecule has 2 aliphatic heterocycles. The molecule has 0 spiro atoms. The van der Waals surface area contributed by atoms with Gasteiger partial charge in [0.2, 0.25) is 11.8 Å². The van der Waals surface area contributed by atoms with Gasteiger partial charge in [-0.2, -0.15) is 5.10 Å². The van der Waals surface area contributed by atoms with E-state index in [0.29, 0.717) is 25.4 Å². The molecule has 0 bridgehead atoms. The maximum Gasteiger partial charge on any atom is 0.231 e. The van der Waals surface area contributed by atoms with Crippen LogP contribution >= 0.6 is 0 Å². The summed E-state index contributed by atoms with van der Waals surface area (Å²) in [6, 6.07) is 11.9. The molecular formula is C23H29N5O2. The molecule has 7 heteroatoms. The molecule has 0 aliphatic carbocycles. The molecule has 2 fully saturated rings. The van der Waals surface area contributed by atoms with Crippen LogP contribution in [0, 0.1) is 5.92 Å². The lowest BCUT2D eigenvalue weighted by Crippen LogP contribution is -2.52. The average Bonchev–Trinajstić information content (AvgIpc) is 2.74. The number of amides is 2. The van der Waals surface area contributed by atoms with E-state index in [1.807, 2.05) is 36.1 Å². The molecule has 2 saturated heterocycles. The third-order valence-electron chi connectivity index (χ3n) is 6.10. The molecule has 2 amide bonds. The van der Waals surface area contributed by atoms with Gasteiger partial charge in [-0.1, -0.05) is 19.1 Å². The topological polar surface area (TPSA) is 78.4 Å². The fraction of sp³-hybridized carbons (Fsp3) is 0.478. The molecule has 4 rings (SSSR count). The molecule has 0 saturated carbocycles. The third-order valence-corrected chi connectivity index (χ3v) is 6.10. The lowest BCUT2D eigenvalue weighted by atomic mass is 9.89. The highest BCUT2D eigenvalue weighted by Crippen LogP contribution is 2.29. The third kappa shape index (κ3) is 4.61. The van der Waals surface area contributed by atoms with E-state index in [1.165, 1.54) is 5.56 Å². The molecule has 0 atom stereocenters. The average molecular weight is 408 g/mol. The van der Waals surface area contributed by atoms with Crippen LogP contribution in [-0.2, 0) is 9.59 Å². The van der Waals surface area contributed by atoms with E-state index in [2.05, 4.69) is 32.5 Å². The quantitative estimate of drug-likeness (QED) is 0.796. The molecule has 1 aromatic heterocycles. The number of carbonyl (C=O) groups excluding carboxylic acids is 2. The van der Waals surface area contributed by atoms with Crippen LogP contribution in [0.25, 0.3) is 0 Å². The van der Waals surface area contributed by atoms with Gasteiger partial charge in [-0.25, -0.2) is 0 Å². The molecule has 7 nitrogen and oxygen atoms in total. The van der Waals surface area contributed by atoms with E-state index in [-0.39, 0.29) is 17.7 Å². The molecule has 30 heavy (non-hydrogen) atoms. The Labute approximate surface area is 177 Å². The fourth-order valence-corrected chi connectivity index (χ4v) is 4.21. The van der Waals surface area contributed by atoms with E-state index >= 15 is 0 Å². The molecule has 0 unspecified atom stereocenters. The van der Waals surface area contributed by atoms with Crippen molar-refractivity contribution >= 4 is 23.3 Å². The van der Waals surface area contributed by atoms with E-state index in [4.69, 9.17) is 0 Å². The van der Waals surface area contributed by atoms with E-state index in [9.17, 15) is 9.59 Å². The Kier molecular flexibility index (Phi) is 6.26. The highest BCUT2D eigenvalue weighted by Gasteiger charge is 2.33. The van der Waals surface area contributed by atoms with Crippen molar-refractivity contribution in [3.63, 3.8) is 0 Å². The Hall–Kier alpha value is -2.96. The van der Waals surface area contributed by atoms with Crippen LogP contribution in [0.5, 0.6) is 0 Å². The Bertz CT molecular complexity index is 857. The van der Waals surface area contributed by atoms with Gasteiger partial charge < -0.3 is 15.1 Å². The summed E-state index contributed by atoms with van der Waals surface area (Å²) in [7, 11) is 0. The predicted molar refractivity (Wildman–Crippen MR) is 116 cm³/mol. The molecule has 1 N–H and O–H groups in total. The summed E-state index contributed by atoms with van der Waals surface area (Å²) in [5.74, 6) is 1.59. The first kappa shape index (κ1) is 20.3. The van der Waals surface area contributed by atoms with Crippen LogP contribution in [0.4, 0.5) is 11.5 Å². The predicted octanol–water partition coefficient (Wildman–Crippen LogP) is 3.06. The van der Waals surface area contributed by atoms with Crippen LogP contribution in [-0.4, -0.2) is 53.1 Å². The van der Waals surface area contributed by atoms with Crippen molar-refractivity contribution in [3.8, 4) is 0 Å². The van der Waals surface area contributed by atoms with Crippen molar-refractivity contribution in [2.75, 3.05) is 36.4 Å². The maximum atomic E-state index is 12.5. The number of hydrogen-bond acceptors (Lipinski definition) is 5. The maximum absolute atomic E-state index is 12.5. The standard InChI is InChI=1S/C23H29N5O2/c1-2-4-22(29)27-13-10-18(11-14-27)17-6-8-20(9-7-17)25-23(30)19-15-28(16-19)21-5-3-12-24-26-21/h3,5-9,12,18-19H,2,4,10-11,13-16H2,1H3,(H,25,30). The normalized spacial score (nSPS) is 17.5. The fourth-order valence-electron chi connectivity index (χ4n) is 4.21. The van der Waals surface area contributed by atoms with Crippen molar-refractivity contribution in [2.24, 2.45) is 5.92 Å². The molecule has 2 aromatic rings. The molecule has 3 heterocycles. The highest BCUT2D eigenvalue weighted by atomic mass is 16.2. The van der Waals surface area contributed by atoms with Gasteiger partial charge in [0, 0.05) is 44.5 Å². The van der Waals surface area contributed by atoms with Gasteiger partial charge in [-0.3, -0.25) is 9.59 Å². The first-order valence-corrected chi connectivity index (χ1v) is 10.8. The number of likely N-dealkylation sites (tertiary alicyclic amines) is 1. The van der Waals surface area contributed by atoms with Crippen molar-refractivity contribution in [1.29, 1.82) is 0 Å². The minimum Gasteiger partial charge on any atom is -0.353 e. The minimum atomic E-state index is -0.0309. The molecule has 1 aromatic carbocycles. The lowest BCUT2D eigenvalue weighted by molar-refractivity contribution is -0.132. The zero-order valence-corrected chi connectivity index (χ0v) is 17.5. The number of anilines is 2. The van der Waals surface area contributed by atoms with Gasteiger partial charge in [0.1, 0.15) is 0 Å². The number of rotatable bonds is 6. The summed E-state index contributed by atoms with van der Waals surface area (Å²) in [4.78, 5) is 28.6. The van der Waals surface area contributed by atoms with Gasteiger partial charge >= 0.3 is 0 Å². The molecular weight excluding hydrogens is 378 g/mol.